The lowest BCUT2D eigenvalue weighted by molar-refractivity contribution is -0.111. The Bertz CT molecular complexity index is 1250. The third kappa shape index (κ3) is 8.74. The first-order valence-corrected chi connectivity index (χ1v) is 12.2. The fraction of sp³-hybridized carbons (Fsp3) is 0.320. The molecule has 3 aromatic rings. The number of carbonyl (C=O) groups excluding carboxylic acids is 1. The van der Waals surface area contributed by atoms with Gasteiger partial charge in [0.1, 0.15) is 37.0 Å². The molecular weight excluding hydrogens is 545 g/mol. The third-order valence-corrected chi connectivity index (χ3v) is 5.62. The van der Waals surface area contributed by atoms with Gasteiger partial charge in [0.05, 0.1) is 66.6 Å². The summed E-state index contributed by atoms with van der Waals surface area (Å²) in [5.41, 5.74) is 0.857. The van der Waals surface area contributed by atoms with Crippen LogP contribution in [0.15, 0.2) is 43.2 Å². The predicted molar refractivity (Wildman–Crippen MR) is 142 cm³/mol. The van der Waals surface area contributed by atoms with Crippen LogP contribution in [0.25, 0.3) is 10.9 Å². The van der Waals surface area contributed by atoms with Crippen molar-refractivity contribution in [2.45, 2.75) is 0 Å². The Hall–Kier alpha value is -3.09. The number of aromatic nitrogens is 2. The second-order valence-corrected chi connectivity index (χ2v) is 8.34. The fourth-order valence-electron chi connectivity index (χ4n) is 3.14. The topological polar surface area (TPSA) is 104 Å². The van der Waals surface area contributed by atoms with Gasteiger partial charge in [-0.3, -0.25) is 4.79 Å². The van der Waals surface area contributed by atoms with Crippen molar-refractivity contribution in [3.8, 4) is 5.75 Å². The molecule has 0 saturated heterocycles. The van der Waals surface area contributed by atoms with E-state index < -0.39 is 18.4 Å². The molecule has 1 amide bonds. The van der Waals surface area contributed by atoms with Crippen molar-refractivity contribution in [3.05, 3.63) is 59.1 Å². The van der Waals surface area contributed by atoms with Gasteiger partial charge in [-0.15, -0.1) is 0 Å². The van der Waals surface area contributed by atoms with Crippen LogP contribution in [0, 0.1) is 5.82 Å². The van der Waals surface area contributed by atoms with Crippen molar-refractivity contribution >= 4 is 57.2 Å². The molecule has 0 atom stereocenters. The van der Waals surface area contributed by atoms with E-state index in [9.17, 15) is 13.6 Å². The van der Waals surface area contributed by atoms with E-state index in [1.807, 2.05) is 0 Å². The highest BCUT2D eigenvalue weighted by Gasteiger charge is 2.15. The number of nitrogens with zero attached hydrogens (tertiary/aromatic N) is 2. The van der Waals surface area contributed by atoms with Gasteiger partial charge in [0.25, 0.3) is 0 Å². The van der Waals surface area contributed by atoms with Gasteiger partial charge in [-0.2, -0.15) is 0 Å². The molecule has 3 rings (SSSR count). The number of carbonyl (C=O) groups is 1. The maximum atomic E-state index is 14.4. The lowest BCUT2D eigenvalue weighted by Gasteiger charge is -2.15. The molecule has 0 spiro atoms. The second kappa shape index (κ2) is 15.4. The van der Waals surface area contributed by atoms with Gasteiger partial charge in [-0.05, 0) is 24.3 Å². The fourth-order valence-corrected chi connectivity index (χ4v) is 3.45. The first-order chi connectivity index (χ1) is 18.4. The molecule has 0 fully saturated rings. The molecule has 2 N–H and O–H groups in total. The quantitative estimate of drug-likeness (QED) is 0.135. The molecule has 13 heteroatoms. The number of halogens is 4. The van der Waals surface area contributed by atoms with Crippen LogP contribution in [0.5, 0.6) is 5.75 Å². The van der Waals surface area contributed by atoms with E-state index in [2.05, 4.69) is 27.2 Å². The zero-order valence-corrected chi connectivity index (χ0v) is 21.8. The molecule has 0 bridgehead atoms. The Kier molecular flexibility index (Phi) is 11.9. The number of amides is 1. The minimum atomic E-state index is -0.623. The molecule has 0 aliphatic carbocycles. The molecule has 1 heterocycles. The van der Waals surface area contributed by atoms with E-state index in [0.717, 1.165) is 12.1 Å². The Balaban J connectivity index is 1.67. The molecule has 9 nitrogen and oxygen atoms in total. The van der Waals surface area contributed by atoms with Crippen molar-refractivity contribution in [3.63, 3.8) is 0 Å². The first kappa shape index (κ1) is 29.5. The molecule has 38 heavy (non-hydrogen) atoms. The second-order valence-electron chi connectivity index (χ2n) is 7.53. The molecule has 2 aromatic carbocycles. The molecule has 1 aromatic heterocycles. The number of nitrogens with one attached hydrogen (secondary N) is 2. The van der Waals surface area contributed by atoms with Crippen molar-refractivity contribution < 1.29 is 32.5 Å². The Morgan fingerprint density at radius 1 is 0.921 bits per heavy atom. The SMILES string of the molecule is C=CC(=O)Nc1cc2c(Nc3cc(Cl)c(Cl)cc3F)ncnc2cc1OCCOCCOCCOCCF. The van der Waals surface area contributed by atoms with Crippen molar-refractivity contribution in [2.24, 2.45) is 0 Å². The molecule has 0 saturated carbocycles. The van der Waals surface area contributed by atoms with Crippen molar-refractivity contribution in [1.29, 1.82) is 0 Å². The Morgan fingerprint density at radius 2 is 1.58 bits per heavy atom. The van der Waals surface area contributed by atoms with E-state index in [0.29, 0.717) is 48.8 Å². The van der Waals surface area contributed by atoms with Crippen molar-refractivity contribution in [2.75, 3.05) is 63.6 Å². The van der Waals surface area contributed by atoms with E-state index in [1.165, 1.54) is 12.4 Å². The molecule has 0 aliphatic rings. The van der Waals surface area contributed by atoms with E-state index in [4.69, 9.17) is 42.1 Å². The van der Waals surface area contributed by atoms with Gasteiger partial charge in [0, 0.05) is 11.5 Å². The maximum absolute atomic E-state index is 14.4. The van der Waals surface area contributed by atoms with E-state index >= 15 is 0 Å². The molecule has 204 valence electrons. The van der Waals surface area contributed by atoms with Crippen LogP contribution in [0.3, 0.4) is 0 Å². The third-order valence-electron chi connectivity index (χ3n) is 4.89. The van der Waals surface area contributed by atoms with Crippen LogP contribution in [-0.2, 0) is 19.0 Å². The highest BCUT2D eigenvalue weighted by atomic mass is 35.5. The minimum absolute atomic E-state index is 0.0564. The lowest BCUT2D eigenvalue weighted by atomic mass is 10.1. The van der Waals surface area contributed by atoms with Crippen molar-refractivity contribution in [1.82, 2.24) is 9.97 Å². The van der Waals surface area contributed by atoms with Gasteiger partial charge >= 0.3 is 0 Å². The Labute approximate surface area is 228 Å². The number of anilines is 3. The van der Waals surface area contributed by atoms with Gasteiger partial charge in [0.15, 0.2) is 0 Å². The molecule has 0 radical (unpaired) electrons. The number of fused-ring (bicyclic) bond motifs is 1. The van der Waals surface area contributed by atoms with Gasteiger partial charge in [0.2, 0.25) is 5.91 Å². The van der Waals surface area contributed by atoms with Gasteiger partial charge in [-0.1, -0.05) is 29.8 Å². The average Bonchev–Trinajstić information content (AvgIpc) is 2.90. The summed E-state index contributed by atoms with van der Waals surface area (Å²) in [7, 11) is 0. The standard InChI is InChI=1S/C25H26Cl2F2N4O5/c1-2-24(34)32-22-11-16-20(14-23(22)38-10-9-37-8-7-36-6-5-35-4-3-28)30-15-31-25(16)33-21-13-18(27)17(26)12-19(21)29/h2,11-15H,1,3-10H2,(H,32,34)(H,30,31,33). The average molecular weight is 571 g/mol. The number of benzene rings is 2. The lowest BCUT2D eigenvalue weighted by Crippen LogP contribution is -2.14. The molecule has 0 unspecified atom stereocenters. The van der Waals surface area contributed by atoms with Crippen LogP contribution < -0.4 is 15.4 Å². The zero-order chi connectivity index (χ0) is 27.3. The highest BCUT2D eigenvalue weighted by Crippen LogP contribution is 2.35. The summed E-state index contributed by atoms with van der Waals surface area (Å²) in [4.78, 5) is 20.5. The van der Waals surface area contributed by atoms with Crippen LogP contribution in [-0.4, -0.2) is 68.8 Å². The number of alkyl halides is 1. The first-order valence-electron chi connectivity index (χ1n) is 11.5. The monoisotopic (exact) mass is 570 g/mol. The van der Waals surface area contributed by atoms with Crippen LogP contribution in [0.1, 0.15) is 0 Å². The maximum Gasteiger partial charge on any atom is 0.247 e. The minimum Gasteiger partial charge on any atom is -0.489 e. The molecular formula is C25H26Cl2F2N4O5. The number of rotatable bonds is 16. The number of hydrogen-bond acceptors (Lipinski definition) is 8. The number of ether oxygens (including phenoxy) is 4. The summed E-state index contributed by atoms with van der Waals surface area (Å²) < 4.78 is 48.0. The predicted octanol–water partition coefficient (Wildman–Crippen LogP) is 5.34. The summed E-state index contributed by atoms with van der Waals surface area (Å²) in [6.45, 7) is 4.77. The summed E-state index contributed by atoms with van der Waals surface area (Å²) >= 11 is 11.9. The molecule has 0 aliphatic heterocycles. The van der Waals surface area contributed by atoms with Gasteiger partial charge in [-0.25, -0.2) is 18.7 Å². The highest BCUT2D eigenvalue weighted by molar-refractivity contribution is 6.42. The summed E-state index contributed by atoms with van der Waals surface area (Å²) in [6.07, 6.45) is 2.42. The van der Waals surface area contributed by atoms with Crippen LogP contribution >= 0.6 is 23.2 Å². The summed E-state index contributed by atoms with van der Waals surface area (Å²) in [6, 6.07) is 5.65. The van der Waals surface area contributed by atoms with Gasteiger partial charge < -0.3 is 29.6 Å². The smallest absolute Gasteiger partial charge is 0.247 e. The zero-order valence-electron chi connectivity index (χ0n) is 20.3. The van der Waals surface area contributed by atoms with E-state index in [1.54, 1.807) is 12.1 Å². The Morgan fingerprint density at radius 3 is 2.26 bits per heavy atom. The number of hydrogen-bond donors (Lipinski definition) is 2. The largest absolute Gasteiger partial charge is 0.489 e. The van der Waals surface area contributed by atoms with Crippen LogP contribution in [0.4, 0.5) is 26.0 Å². The van der Waals surface area contributed by atoms with E-state index in [-0.39, 0.29) is 41.4 Å². The summed E-state index contributed by atoms with van der Waals surface area (Å²) in [5, 5.41) is 6.30. The van der Waals surface area contributed by atoms with Crippen LogP contribution in [0.2, 0.25) is 10.0 Å². The summed E-state index contributed by atoms with van der Waals surface area (Å²) in [5.74, 6) is -0.476. The normalized spacial score (nSPS) is 10.9.